The van der Waals surface area contributed by atoms with Crippen molar-refractivity contribution in [1.82, 2.24) is 10.3 Å². The summed E-state index contributed by atoms with van der Waals surface area (Å²) in [4.78, 5) is 14.1. The van der Waals surface area contributed by atoms with Gasteiger partial charge in [-0.15, -0.1) is 0 Å². The van der Waals surface area contributed by atoms with Crippen molar-refractivity contribution in [2.24, 2.45) is 5.84 Å². The van der Waals surface area contributed by atoms with Crippen LogP contribution in [0.5, 0.6) is 0 Å². The number of aryl methyl sites for hydroxylation is 1. The standard InChI is InChI=1S/C17H21N3O/c1-13-8-10-14(11-9-13)12-20(2)16(17(21)19-18)15-6-4-3-5-7-15/h3-11,16H,12,18H2,1-2H3,(H,19,21). The Balaban J connectivity index is 2.20. The molecule has 0 heterocycles. The first-order valence-corrected chi connectivity index (χ1v) is 6.93. The molecular weight excluding hydrogens is 262 g/mol. The number of carbonyl (C=O) groups excluding carboxylic acids is 1. The molecule has 2 aromatic rings. The van der Waals surface area contributed by atoms with Gasteiger partial charge in [-0.2, -0.15) is 0 Å². The van der Waals surface area contributed by atoms with E-state index >= 15 is 0 Å². The zero-order valence-electron chi connectivity index (χ0n) is 12.4. The second kappa shape index (κ2) is 7.02. The molecule has 0 bridgehead atoms. The molecule has 0 spiro atoms. The fraction of sp³-hybridized carbons (Fsp3) is 0.235. The summed E-state index contributed by atoms with van der Waals surface area (Å²) in [5.41, 5.74) is 5.57. The number of nitrogens with one attached hydrogen (secondary N) is 1. The summed E-state index contributed by atoms with van der Waals surface area (Å²) in [6.07, 6.45) is 0. The number of amides is 1. The molecule has 21 heavy (non-hydrogen) atoms. The summed E-state index contributed by atoms with van der Waals surface area (Å²) < 4.78 is 0. The number of nitrogens with zero attached hydrogens (tertiary/aromatic N) is 1. The van der Waals surface area contributed by atoms with E-state index in [1.165, 1.54) is 5.56 Å². The highest BCUT2D eigenvalue weighted by Crippen LogP contribution is 2.21. The SMILES string of the molecule is Cc1ccc(CN(C)C(C(=O)NN)c2ccccc2)cc1. The third-order valence-electron chi connectivity index (χ3n) is 3.50. The van der Waals surface area contributed by atoms with Crippen molar-refractivity contribution in [1.29, 1.82) is 0 Å². The maximum atomic E-state index is 12.1. The predicted octanol–water partition coefficient (Wildman–Crippen LogP) is 2.16. The molecule has 1 atom stereocenters. The first kappa shape index (κ1) is 15.2. The molecular formula is C17H21N3O. The average molecular weight is 283 g/mol. The van der Waals surface area contributed by atoms with Crippen molar-refractivity contribution in [2.75, 3.05) is 7.05 Å². The lowest BCUT2D eigenvalue weighted by Crippen LogP contribution is -2.41. The molecule has 0 aromatic heterocycles. The van der Waals surface area contributed by atoms with Crippen LogP contribution >= 0.6 is 0 Å². The van der Waals surface area contributed by atoms with Crippen molar-refractivity contribution in [3.63, 3.8) is 0 Å². The Labute approximate surface area is 125 Å². The Morgan fingerprint density at radius 3 is 2.33 bits per heavy atom. The van der Waals surface area contributed by atoms with Crippen LogP contribution in [0.15, 0.2) is 54.6 Å². The lowest BCUT2D eigenvalue weighted by atomic mass is 10.0. The van der Waals surface area contributed by atoms with E-state index in [0.717, 1.165) is 11.1 Å². The second-order valence-electron chi connectivity index (χ2n) is 5.22. The van der Waals surface area contributed by atoms with Gasteiger partial charge in [-0.3, -0.25) is 15.1 Å². The van der Waals surface area contributed by atoms with E-state index < -0.39 is 6.04 Å². The summed E-state index contributed by atoms with van der Waals surface area (Å²) in [6.45, 7) is 2.73. The van der Waals surface area contributed by atoms with Crippen molar-refractivity contribution in [3.8, 4) is 0 Å². The molecule has 3 N–H and O–H groups in total. The topological polar surface area (TPSA) is 58.4 Å². The molecule has 0 saturated heterocycles. The molecule has 4 nitrogen and oxygen atoms in total. The van der Waals surface area contributed by atoms with E-state index in [2.05, 4.69) is 36.6 Å². The lowest BCUT2D eigenvalue weighted by molar-refractivity contribution is -0.126. The van der Waals surface area contributed by atoms with Gasteiger partial charge in [0.25, 0.3) is 5.91 Å². The predicted molar refractivity (Wildman–Crippen MR) is 84.2 cm³/mol. The summed E-state index contributed by atoms with van der Waals surface area (Å²) in [7, 11) is 1.92. The van der Waals surface area contributed by atoms with Gasteiger partial charge in [0.2, 0.25) is 0 Å². The van der Waals surface area contributed by atoms with E-state index in [1.807, 2.05) is 42.3 Å². The summed E-state index contributed by atoms with van der Waals surface area (Å²) in [6, 6.07) is 17.5. The third-order valence-corrected chi connectivity index (χ3v) is 3.50. The normalized spacial score (nSPS) is 12.2. The highest BCUT2D eigenvalue weighted by Gasteiger charge is 2.24. The molecule has 0 aliphatic rings. The van der Waals surface area contributed by atoms with Crippen molar-refractivity contribution < 1.29 is 4.79 Å². The van der Waals surface area contributed by atoms with Gasteiger partial charge in [-0.05, 0) is 25.1 Å². The highest BCUT2D eigenvalue weighted by molar-refractivity contribution is 5.82. The summed E-state index contributed by atoms with van der Waals surface area (Å²) >= 11 is 0. The number of hydrazine groups is 1. The maximum Gasteiger partial charge on any atom is 0.255 e. The van der Waals surface area contributed by atoms with Crippen LogP contribution in [0.3, 0.4) is 0 Å². The number of benzene rings is 2. The van der Waals surface area contributed by atoms with Crippen molar-refractivity contribution in [2.45, 2.75) is 19.5 Å². The van der Waals surface area contributed by atoms with Crippen molar-refractivity contribution >= 4 is 5.91 Å². The largest absolute Gasteiger partial charge is 0.293 e. The van der Waals surface area contributed by atoms with Crippen LogP contribution in [0.1, 0.15) is 22.7 Å². The Kier molecular flexibility index (Phi) is 5.09. The number of likely N-dealkylation sites (N-methyl/N-ethyl adjacent to an activating group) is 1. The van der Waals surface area contributed by atoms with Crippen LogP contribution in [0.2, 0.25) is 0 Å². The Hall–Kier alpha value is -2.17. The Bertz CT molecular complexity index is 581. The number of carbonyl (C=O) groups is 1. The quantitative estimate of drug-likeness (QED) is 0.502. The minimum atomic E-state index is -0.405. The van der Waals surface area contributed by atoms with Gasteiger partial charge in [-0.1, -0.05) is 60.2 Å². The van der Waals surface area contributed by atoms with Crippen LogP contribution < -0.4 is 11.3 Å². The molecule has 110 valence electrons. The number of hydrogen-bond donors (Lipinski definition) is 2. The molecule has 2 rings (SSSR count). The average Bonchev–Trinajstić information content (AvgIpc) is 2.50. The van der Waals surface area contributed by atoms with Gasteiger partial charge in [-0.25, -0.2) is 5.84 Å². The molecule has 0 aliphatic heterocycles. The van der Waals surface area contributed by atoms with E-state index in [-0.39, 0.29) is 5.91 Å². The van der Waals surface area contributed by atoms with Gasteiger partial charge >= 0.3 is 0 Å². The molecule has 1 unspecified atom stereocenters. The molecule has 0 aliphatic carbocycles. The maximum absolute atomic E-state index is 12.1. The zero-order chi connectivity index (χ0) is 15.2. The van der Waals surface area contributed by atoms with Gasteiger partial charge in [0.1, 0.15) is 6.04 Å². The highest BCUT2D eigenvalue weighted by atomic mass is 16.2. The molecule has 0 radical (unpaired) electrons. The Morgan fingerprint density at radius 1 is 1.14 bits per heavy atom. The van der Waals surface area contributed by atoms with Crippen LogP contribution in [0.25, 0.3) is 0 Å². The van der Waals surface area contributed by atoms with Crippen LogP contribution in [-0.2, 0) is 11.3 Å². The molecule has 1 amide bonds. The summed E-state index contributed by atoms with van der Waals surface area (Å²) in [5, 5.41) is 0. The van der Waals surface area contributed by atoms with E-state index in [0.29, 0.717) is 6.54 Å². The first-order chi connectivity index (χ1) is 10.1. The van der Waals surface area contributed by atoms with Gasteiger partial charge < -0.3 is 0 Å². The minimum absolute atomic E-state index is 0.212. The fourth-order valence-electron chi connectivity index (χ4n) is 2.39. The van der Waals surface area contributed by atoms with E-state index in [9.17, 15) is 4.79 Å². The fourth-order valence-corrected chi connectivity index (χ4v) is 2.39. The summed E-state index contributed by atoms with van der Waals surface area (Å²) in [5.74, 6) is 5.12. The zero-order valence-corrected chi connectivity index (χ0v) is 12.4. The molecule has 0 saturated carbocycles. The second-order valence-corrected chi connectivity index (χ2v) is 5.22. The van der Waals surface area contributed by atoms with E-state index in [4.69, 9.17) is 5.84 Å². The van der Waals surface area contributed by atoms with Gasteiger partial charge in [0.05, 0.1) is 0 Å². The lowest BCUT2D eigenvalue weighted by Gasteiger charge is -2.27. The number of rotatable bonds is 5. The van der Waals surface area contributed by atoms with E-state index in [1.54, 1.807) is 0 Å². The number of hydrogen-bond acceptors (Lipinski definition) is 3. The van der Waals surface area contributed by atoms with Crippen LogP contribution in [-0.4, -0.2) is 17.9 Å². The molecule has 4 heteroatoms. The smallest absolute Gasteiger partial charge is 0.255 e. The van der Waals surface area contributed by atoms with Crippen LogP contribution in [0, 0.1) is 6.92 Å². The third kappa shape index (κ3) is 3.90. The minimum Gasteiger partial charge on any atom is -0.293 e. The monoisotopic (exact) mass is 283 g/mol. The molecule has 0 fully saturated rings. The number of nitrogens with two attached hydrogens (primary N) is 1. The Morgan fingerprint density at radius 2 is 1.76 bits per heavy atom. The van der Waals surface area contributed by atoms with Gasteiger partial charge in [0.15, 0.2) is 0 Å². The first-order valence-electron chi connectivity index (χ1n) is 6.93. The van der Waals surface area contributed by atoms with Gasteiger partial charge in [0, 0.05) is 6.54 Å². The molecule has 2 aromatic carbocycles. The van der Waals surface area contributed by atoms with Crippen molar-refractivity contribution in [3.05, 3.63) is 71.3 Å². The van der Waals surface area contributed by atoms with Crippen LogP contribution in [0.4, 0.5) is 0 Å².